The molecule has 0 saturated heterocycles. The molecule has 3 aromatic rings. The third-order valence-electron chi connectivity index (χ3n) is 3.05. The molecule has 7 heteroatoms. The summed E-state index contributed by atoms with van der Waals surface area (Å²) in [5, 5.41) is 11.0. The number of rotatable bonds is 4. The maximum atomic E-state index is 11.0. The third-order valence-corrected chi connectivity index (χ3v) is 3.05. The van der Waals surface area contributed by atoms with Gasteiger partial charge < -0.3 is 10.5 Å². The van der Waals surface area contributed by atoms with Gasteiger partial charge in [0.1, 0.15) is 11.3 Å². The van der Waals surface area contributed by atoms with Crippen LogP contribution in [0.1, 0.15) is 5.69 Å². The molecule has 3 rings (SSSR count). The van der Waals surface area contributed by atoms with Crippen LogP contribution in [-0.4, -0.2) is 14.3 Å². The molecule has 2 aromatic heterocycles. The summed E-state index contributed by atoms with van der Waals surface area (Å²) in [7, 11) is 0. The quantitative estimate of drug-likeness (QED) is 0.586. The lowest BCUT2D eigenvalue weighted by Gasteiger charge is -2.05. The number of para-hydroxylation sites is 2. The summed E-state index contributed by atoms with van der Waals surface area (Å²) >= 11 is 0. The molecule has 0 aliphatic rings. The molecule has 2 N–H and O–H groups in total. The molecule has 106 valence electrons. The van der Waals surface area contributed by atoms with Gasteiger partial charge in [0.05, 0.1) is 4.92 Å². The van der Waals surface area contributed by atoms with Crippen LogP contribution in [0.3, 0.4) is 0 Å². The van der Waals surface area contributed by atoms with Crippen molar-refractivity contribution in [1.29, 1.82) is 0 Å². The SMILES string of the molecule is NCc1c(Oc2ccccc2[N+](=O)[O-])nc2ccccn12. The summed E-state index contributed by atoms with van der Waals surface area (Å²) in [6.45, 7) is 0.209. The highest BCUT2D eigenvalue weighted by Gasteiger charge is 2.18. The van der Waals surface area contributed by atoms with E-state index >= 15 is 0 Å². The second-order valence-corrected chi connectivity index (χ2v) is 4.32. The number of nitro groups is 1. The first kappa shape index (κ1) is 13.1. The van der Waals surface area contributed by atoms with E-state index in [1.54, 1.807) is 16.5 Å². The predicted molar refractivity (Wildman–Crippen MR) is 76.3 cm³/mol. The molecule has 0 aliphatic carbocycles. The smallest absolute Gasteiger partial charge is 0.311 e. The molecule has 0 saturated carbocycles. The Bertz CT molecular complexity index is 813. The molecule has 0 unspecified atom stereocenters. The van der Waals surface area contributed by atoms with Gasteiger partial charge in [-0.1, -0.05) is 18.2 Å². The highest BCUT2D eigenvalue weighted by atomic mass is 16.6. The summed E-state index contributed by atoms with van der Waals surface area (Å²) in [6.07, 6.45) is 1.82. The lowest BCUT2D eigenvalue weighted by molar-refractivity contribution is -0.385. The molecule has 0 amide bonds. The van der Waals surface area contributed by atoms with E-state index < -0.39 is 4.92 Å². The number of hydrogen-bond acceptors (Lipinski definition) is 5. The zero-order chi connectivity index (χ0) is 14.8. The van der Waals surface area contributed by atoms with Gasteiger partial charge in [0.25, 0.3) is 0 Å². The van der Waals surface area contributed by atoms with Gasteiger partial charge in [-0.15, -0.1) is 0 Å². The Morgan fingerprint density at radius 2 is 2.00 bits per heavy atom. The van der Waals surface area contributed by atoms with Crippen molar-refractivity contribution in [2.45, 2.75) is 6.54 Å². The summed E-state index contributed by atoms with van der Waals surface area (Å²) in [5.41, 5.74) is 6.95. The first-order chi connectivity index (χ1) is 10.2. The van der Waals surface area contributed by atoms with E-state index in [9.17, 15) is 10.1 Å². The van der Waals surface area contributed by atoms with Gasteiger partial charge in [-0.25, -0.2) is 0 Å². The van der Waals surface area contributed by atoms with Crippen molar-refractivity contribution in [2.75, 3.05) is 0 Å². The van der Waals surface area contributed by atoms with Crippen LogP contribution in [0, 0.1) is 10.1 Å². The number of benzene rings is 1. The Labute approximate surface area is 119 Å². The lowest BCUT2D eigenvalue weighted by atomic mass is 10.3. The molecule has 0 bridgehead atoms. The van der Waals surface area contributed by atoms with Crippen LogP contribution in [-0.2, 0) is 6.54 Å². The maximum Gasteiger partial charge on any atom is 0.311 e. The highest BCUT2D eigenvalue weighted by Crippen LogP contribution is 2.32. The summed E-state index contributed by atoms with van der Waals surface area (Å²) in [5.74, 6) is 0.415. The van der Waals surface area contributed by atoms with Gasteiger partial charge in [0, 0.05) is 18.8 Å². The zero-order valence-electron chi connectivity index (χ0n) is 11.0. The van der Waals surface area contributed by atoms with Gasteiger partial charge in [-0.3, -0.25) is 14.5 Å². The molecule has 0 aliphatic heterocycles. The van der Waals surface area contributed by atoms with E-state index in [0.29, 0.717) is 11.3 Å². The van der Waals surface area contributed by atoms with E-state index in [1.165, 1.54) is 12.1 Å². The van der Waals surface area contributed by atoms with Gasteiger partial charge in [-0.05, 0) is 18.2 Å². The number of nitro benzene ring substituents is 1. The number of nitrogens with zero attached hydrogens (tertiary/aromatic N) is 3. The van der Waals surface area contributed by atoms with Crippen LogP contribution in [0.25, 0.3) is 5.65 Å². The monoisotopic (exact) mass is 284 g/mol. The Balaban J connectivity index is 2.08. The van der Waals surface area contributed by atoms with Crippen molar-refractivity contribution in [3.8, 4) is 11.6 Å². The minimum Gasteiger partial charge on any atom is -0.430 e. The minimum atomic E-state index is -0.493. The number of imidazole rings is 1. The fraction of sp³-hybridized carbons (Fsp3) is 0.0714. The van der Waals surface area contributed by atoms with E-state index in [1.807, 2.05) is 24.4 Å². The summed E-state index contributed by atoms with van der Waals surface area (Å²) in [4.78, 5) is 14.8. The molecule has 0 spiro atoms. The average molecular weight is 284 g/mol. The van der Waals surface area contributed by atoms with Gasteiger partial charge >= 0.3 is 5.69 Å². The fourth-order valence-corrected chi connectivity index (χ4v) is 2.09. The number of hydrogen-bond donors (Lipinski definition) is 1. The number of aromatic nitrogens is 2. The first-order valence-electron chi connectivity index (χ1n) is 6.28. The summed E-state index contributed by atoms with van der Waals surface area (Å²) < 4.78 is 7.42. The molecule has 0 fully saturated rings. The Morgan fingerprint density at radius 1 is 1.24 bits per heavy atom. The topological polar surface area (TPSA) is 95.7 Å². The normalized spacial score (nSPS) is 10.7. The maximum absolute atomic E-state index is 11.0. The Hall–Kier alpha value is -2.93. The standard InChI is InChI=1S/C14H12N4O3/c15-9-11-14(16-13-7-3-4-8-17(11)13)21-12-6-2-1-5-10(12)18(19)20/h1-8H,9,15H2. The van der Waals surface area contributed by atoms with Gasteiger partial charge in [0.15, 0.2) is 0 Å². The van der Waals surface area contributed by atoms with Crippen LogP contribution in [0.5, 0.6) is 11.6 Å². The average Bonchev–Trinajstić information content (AvgIpc) is 2.84. The van der Waals surface area contributed by atoms with Crippen molar-refractivity contribution >= 4 is 11.3 Å². The third kappa shape index (κ3) is 2.30. The van der Waals surface area contributed by atoms with Crippen LogP contribution in [0.4, 0.5) is 5.69 Å². The first-order valence-corrected chi connectivity index (χ1v) is 6.28. The van der Waals surface area contributed by atoms with Crippen molar-refractivity contribution in [2.24, 2.45) is 5.73 Å². The van der Waals surface area contributed by atoms with Crippen molar-refractivity contribution in [3.05, 3.63) is 64.5 Å². The molecule has 7 nitrogen and oxygen atoms in total. The van der Waals surface area contributed by atoms with E-state index in [-0.39, 0.29) is 23.9 Å². The molecular formula is C14H12N4O3. The van der Waals surface area contributed by atoms with Crippen molar-refractivity contribution in [1.82, 2.24) is 9.38 Å². The van der Waals surface area contributed by atoms with Crippen molar-refractivity contribution in [3.63, 3.8) is 0 Å². The number of pyridine rings is 1. The number of nitrogens with two attached hydrogens (primary N) is 1. The molecular weight excluding hydrogens is 272 g/mol. The second kappa shape index (κ2) is 5.22. The molecule has 0 atom stereocenters. The van der Waals surface area contributed by atoms with E-state index in [2.05, 4.69) is 4.98 Å². The number of fused-ring (bicyclic) bond motifs is 1. The van der Waals surface area contributed by atoms with Crippen LogP contribution in [0.2, 0.25) is 0 Å². The van der Waals surface area contributed by atoms with E-state index in [0.717, 1.165) is 0 Å². The Kier molecular flexibility index (Phi) is 3.25. The molecule has 1 aromatic carbocycles. The second-order valence-electron chi connectivity index (χ2n) is 4.32. The van der Waals surface area contributed by atoms with Crippen molar-refractivity contribution < 1.29 is 9.66 Å². The lowest BCUT2D eigenvalue weighted by Crippen LogP contribution is -2.03. The summed E-state index contributed by atoms with van der Waals surface area (Å²) in [6, 6.07) is 11.7. The van der Waals surface area contributed by atoms with E-state index in [4.69, 9.17) is 10.5 Å². The molecule has 2 heterocycles. The highest BCUT2D eigenvalue weighted by molar-refractivity contribution is 5.51. The Morgan fingerprint density at radius 3 is 2.76 bits per heavy atom. The molecule has 21 heavy (non-hydrogen) atoms. The largest absolute Gasteiger partial charge is 0.430 e. The zero-order valence-corrected chi connectivity index (χ0v) is 11.0. The number of ether oxygens (including phenoxy) is 1. The molecule has 0 radical (unpaired) electrons. The van der Waals surface area contributed by atoms with Crippen LogP contribution in [0.15, 0.2) is 48.7 Å². The van der Waals surface area contributed by atoms with Crippen LogP contribution >= 0.6 is 0 Å². The fourth-order valence-electron chi connectivity index (χ4n) is 2.09. The van der Waals surface area contributed by atoms with Gasteiger partial charge in [0.2, 0.25) is 11.6 Å². The van der Waals surface area contributed by atoms with Gasteiger partial charge in [-0.2, -0.15) is 4.98 Å². The minimum absolute atomic E-state index is 0.113. The van der Waals surface area contributed by atoms with Crippen LogP contribution < -0.4 is 10.5 Å². The predicted octanol–water partition coefficient (Wildman–Crippen LogP) is 2.49.